The Bertz CT molecular complexity index is 460. The lowest BCUT2D eigenvalue weighted by Gasteiger charge is -2.42. The number of allylic oxidation sites excluding steroid dienone is 1. The van der Waals surface area contributed by atoms with Gasteiger partial charge in [-0.05, 0) is 46.0 Å². The van der Waals surface area contributed by atoms with Crippen molar-refractivity contribution in [2.24, 2.45) is 11.3 Å². The van der Waals surface area contributed by atoms with Gasteiger partial charge in [-0.15, -0.1) is 11.6 Å². The molecule has 4 nitrogen and oxygen atoms in total. The van der Waals surface area contributed by atoms with Crippen LogP contribution in [0.2, 0.25) is 0 Å². The molecule has 2 fully saturated rings. The van der Waals surface area contributed by atoms with E-state index in [0.717, 1.165) is 12.0 Å². The van der Waals surface area contributed by atoms with E-state index >= 15 is 0 Å². The molecule has 5 heteroatoms. The second-order valence-electron chi connectivity index (χ2n) is 6.92. The second-order valence-corrected chi connectivity index (χ2v) is 7.19. The van der Waals surface area contributed by atoms with E-state index in [9.17, 15) is 4.79 Å². The van der Waals surface area contributed by atoms with Gasteiger partial charge in [0.25, 0.3) is 0 Å². The molecule has 2 aliphatic rings. The summed E-state index contributed by atoms with van der Waals surface area (Å²) in [6, 6.07) is 0. The maximum atomic E-state index is 13.1. The van der Waals surface area contributed by atoms with Crippen molar-refractivity contribution in [3.05, 3.63) is 12.2 Å². The van der Waals surface area contributed by atoms with Crippen molar-refractivity contribution in [3.8, 4) is 0 Å². The lowest BCUT2D eigenvalue weighted by molar-refractivity contribution is -0.151. The van der Waals surface area contributed by atoms with Crippen LogP contribution in [-0.2, 0) is 19.0 Å². The van der Waals surface area contributed by atoms with Gasteiger partial charge < -0.3 is 14.2 Å². The quantitative estimate of drug-likeness (QED) is 0.277. The molecule has 1 aliphatic carbocycles. The van der Waals surface area contributed by atoms with E-state index in [4.69, 9.17) is 25.8 Å². The molecule has 23 heavy (non-hydrogen) atoms. The highest BCUT2D eigenvalue weighted by Gasteiger charge is 2.68. The van der Waals surface area contributed by atoms with Crippen LogP contribution in [0.5, 0.6) is 0 Å². The number of carbonyl (C=O) groups excluding carboxylic acids is 1. The number of fused-ring (bicyclic) bond motifs is 1. The Morgan fingerprint density at radius 2 is 2.00 bits per heavy atom. The van der Waals surface area contributed by atoms with Gasteiger partial charge >= 0.3 is 0 Å². The molecule has 0 spiro atoms. The summed E-state index contributed by atoms with van der Waals surface area (Å²) < 4.78 is 17.0. The van der Waals surface area contributed by atoms with Crippen molar-refractivity contribution in [1.29, 1.82) is 0 Å². The summed E-state index contributed by atoms with van der Waals surface area (Å²) in [7, 11) is 0. The van der Waals surface area contributed by atoms with E-state index in [0.29, 0.717) is 31.9 Å². The summed E-state index contributed by atoms with van der Waals surface area (Å²) in [6.07, 6.45) is 1.92. The Morgan fingerprint density at radius 3 is 2.52 bits per heavy atom. The molecule has 132 valence electrons. The van der Waals surface area contributed by atoms with Gasteiger partial charge in [0, 0.05) is 24.5 Å². The fourth-order valence-electron chi connectivity index (χ4n) is 3.94. The highest BCUT2D eigenvalue weighted by molar-refractivity contribution is 6.19. The molecule has 2 rings (SSSR count). The molecule has 0 aromatic heterocycles. The topological polar surface area (TPSA) is 48.1 Å². The molecule has 1 saturated heterocycles. The number of Topliss-reactive ketones (excluding diaryl/α,β-unsaturated/α-hetero) is 1. The first-order valence-corrected chi connectivity index (χ1v) is 9.06. The fraction of sp³-hybridized carbons (Fsp3) is 0.833. The minimum atomic E-state index is -0.620. The van der Waals surface area contributed by atoms with Gasteiger partial charge in [0.05, 0.1) is 6.10 Å². The lowest BCUT2D eigenvalue weighted by Crippen LogP contribution is -2.49. The molecule has 0 unspecified atom stereocenters. The average molecular weight is 345 g/mol. The van der Waals surface area contributed by atoms with Gasteiger partial charge in [-0.3, -0.25) is 4.79 Å². The molecule has 0 bridgehead atoms. The second kappa shape index (κ2) is 7.22. The summed E-state index contributed by atoms with van der Waals surface area (Å²) in [5.74, 6) is 0.596. The zero-order valence-electron chi connectivity index (χ0n) is 14.7. The number of rotatable bonds is 9. The molecule has 0 amide bonds. The van der Waals surface area contributed by atoms with Gasteiger partial charge in [0.15, 0.2) is 17.7 Å². The first-order chi connectivity index (χ1) is 10.8. The van der Waals surface area contributed by atoms with Crippen LogP contribution in [0.1, 0.15) is 47.0 Å². The maximum Gasteiger partial charge on any atom is 0.173 e. The van der Waals surface area contributed by atoms with Crippen LogP contribution in [0.3, 0.4) is 0 Å². The van der Waals surface area contributed by atoms with Crippen LogP contribution in [0.4, 0.5) is 0 Å². The molecular weight excluding hydrogens is 316 g/mol. The monoisotopic (exact) mass is 344 g/mol. The molecule has 0 aromatic rings. The first-order valence-electron chi connectivity index (χ1n) is 8.53. The van der Waals surface area contributed by atoms with Gasteiger partial charge in [-0.1, -0.05) is 19.1 Å². The third-order valence-corrected chi connectivity index (χ3v) is 5.74. The van der Waals surface area contributed by atoms with E-state index in [2.05, 4.69) is 6.58 Å². The van der Waals surface area contributed by atoms with Gasteiger partial charge in [-0.2, -0.15) is 0 Å². The van der Waals surface area contributed by atoms with Crippen LogP contribution < -0.4 is 0 Å². The van der Waals surface area contributed by atoms with Crippen LogP contribution in [-0.4, -0.2) is 42.9 Å². The van der Waals surface area contributed by atoms with Crippen molar-refractivity contribution in [2.75, 3.05) is 19.1 Å². The van der Waals surface area contributed by atoms with Crippen LogP contribution in [0, 0.1) is 11.3 Å². The highest BCUT2D eigenvalue weighted by Crippen LogP contribution is 2.57. The predicted octanol–water partition coefficient (Wildman–Crippen LogP) is 3.71. The number of alkyl halides is 1. The number of ketones is 1. The number of carbonyl (C=O) groups is 1. The predicted molar refractivity (Wildman–Crippen MR) is 90.6 cm³/mol. The summed E-state index contributed by atoms with van der Waals surface area (Å²) in [5, 5.41) is 0. The summed E-state index contributed by atoms with van der Waals surface area (Å²) in [5.41, 5.74) is -0.227. The van der Waals surface area contributed by atoms with Crippen LogP contribution in [0.15, 0.2) is 12.2 Å². The summed E-state index contributed by atoms with van der Waals surface area (Å²) in [6.45, 7) is 13.1. The Balaban J connectivity index is 2.15. The minimum absolute atomic E-state index is 0.0163. The average Bonchev–Trinajstić information content (AvgIpc) is 3.20. The first kappa shape index (κ1) is 18.9. The Hall–Kier alpha value is -0.420. The van der Waals surface area contributed by atoms with Gasteiger partial charge in [0.2, 0.25) is 0 Å². The minimum Gasteiger partial charge on any atom is -0.358 e. The third kappa shape index (κ3) is 3.51. The Kier molecular flexibility index (Phi) is 5.94. The smallest absolute Gasteiger partial charge is 0.173 e. The molecule has 0 aromatic carbocycles. The van der Waals surface area contributed by atoms with Crippen molar-refractivity contribution >= 4 is 17.4 Å². The molecule has 4 atom stereocenters. The van der Waals surface area contributed by atoms with Gasteiger partial charge in [-0.25, -0.2) is 0 Å². The number of hydrogen-bond donors (Lipinski definition) is 0. The van der Waals surface area contributed by atoms with E-state index in [1.807, 2.05) is 27.7 Å². The van der Waals surface area contributed by atoms with E-state index in [-0.39, 0.29) is 24.1 Å². The normalized spacial score (nSPS) is 36.2. The van der Waals surface area contributed by atoms with Crippen molar-refractivity contribution in [1.82, 2.24) is 0 Å². The third-order valence-electron chi connectivity index (χ3n) is 5.40. The van der Waals surface area contributed by atoms with Crippen molar-refractivity contribution in [2.45, 2.75) is 65.0 Å². The SMILES string of the molecule is C=C(CCl)[C@H]1C[C@@H]2O[C@]2(C)C(=O)[C@]1(C)CCC(OCC)OCC. The molecule has 1 aliphatic heterocycles. The molecule has 0 N–H and O–H groups in total. The summed E-state index contributed by atoms with van der Waals surface area (Å²) in [4.78, 5) is 13.1. The molecule has 0 radical (unpaired) electrons. The molecule has 1 saturated carbocycles. The zero-order chi connectivity index (χ0) is 17.3. The standard InChI is InChI=1S/C18H29ClO4/c1-6-21-15(22-7-2)8-9-17(4)13(12(3)11-19)10-14-18(5,23-14)16(17)20/h13-15H,3,6-11H2,1-2,4-5H3/t13-,14+,17-,18+/m1/s1. The number of ether oxygens (including phenoxy) is 3. The maximum absolute atomic E-state index is 13.1. The van der Waals surface area contributed by atoms with E-state index in [1.165, 1.54) is 0 Å². The van der Waals surface area contributed by atoms with Crippen LogP contribution >= 0.6 is 11.6 Å². The zero-order valence-corrected chi connectivity index (χ0v) is 15.4. The van der Waals surface area contributed by atoms with E-state index in [1.54, 1.807) is 0 Å². The number of epoxide rings is 1. The van der Waals surface area contributed by atoms with Crippen molar-refractivity contribution < 1.29 is 19.0 Å². The highest BCUT2D eigenvalue weighted by atomic mass is 35.5. The Labute approximate surface area is 144 Å². The summed E-state index contributed by atoms with van der Waals surface area (Å²) >= 11 is 6.02. The van der Waals surface area contributed by atoms with Gasteiger partial charge in [0.1, 0.15) is 0 Å². The Morgan fingerprint density at radius 1 is 1.39 bits per heavy atom. The lowest BCUT2D eigenvalue weighted by atomic mass is 9.59. The largest absolute Gasteiger partial charge is 0.358 e. The number of hydrogen-bond acceptors (Lipinski definition) is 4. The molecule has 1 heterocycles. The number of halogens is 1. The van der Waals surface area contributed by atoms with E-state index < -0.39 is 11.0 Å². The van der Waals surface area contributed by atoms with Crippen LogP contribution in [0.25, 0.3) is 0 Å². The molecular formula is C18H29ClO4. The van der Waals surface area contributed by atoms with Crippen molar-refractivity contribution in [3.63, 3.8) is 0 Å². The fourth-order valence-corrected chi connectivity index (χ4v) is 4.12.